The molecular formula is C15H29IN4O. The summed E-state index contributed by atoms with van der Waals surface area (Å²) < 4.78 is 0. The van der Waals surface area contributed by atoms with E-state index in [4.69, 9.17) is 5.73 Å². The maximum atomic E-state index is 11.1. The number of primary amides is 1. The molecule has 1 aliphatic heterocycles. The van der Waals surface area contributed by atoms with Crippen molar-refractivity contribution in [1.82, 2.24) is 10.2 Å². The van der Waals surface area contributed by atoms with E-state index in [1.165, 1.54) is 19.3 Å². The van der Waals surface area contributed by atoms with Gasteiger partial charge in [-0.2, -0.15) is 0 Å². The molecule has 0 aromatic carbocycles. The molecule has 5 nitrogen and oxygen atoms in total. The van der Waals surface area contributed by atoms with E-state index in [9.17, 15) is 4.79 Å². The van der Waals surface area contributed by atoms with Crippen LogP contribution in [0.3, 0.4) is 0 Å². The van der Waals surface area contributed by atoms with Crippen LogP contribution in [0.2, 0.25) is 0 Å². The number of rotatable bonds is 5. The lowest BCUT2D eigenvalue weighted by Crippen LogP contribution is -2.48. The number of hydrogen-bond acceptors (Lipinski definition) is 2. The number of nitrogens with two attached hydrogens (primary N) is 1. The van der Waals surface area contributed by atoms with Crippen LogP contribution in [-0.2, 0) is 4.79 Å². The van der Waals surface area contributed by atoms with Gasteiger partial charge >= 0.3 is 0 Å². The Labute approximate surface area is 145 Å². The molecule has 6 heteroatoms. The van der Waals surface area contributed by atoms with Crippen LogP contribution >= 0.6 is 24.0 Å². The highest BCUT2D eigenvalue weighted by molar-refractivity contribution is 14.0. The molecule has 0 spiro atoms. The lowest BCUT2D eigenvalue weighted by atomic mass is 9.95. The number of carbonyl (C=O) groups is 1. The molecular weight excluding hydrogens is 379 g/mol. The minimum Gasteiger partial charge on any atom is -0.370 e. The van der Waals surface area contributed by atoms with Gasteiger partial charge < -0.3 is 16.0 Å². The Morgan fingerprint density at radius 2 is 2.24 bits per heavy atom. The Morgan fingerprint density at radius 3 is 2.86 bits per heavy atom. The summed E-state index contributed by atoms with van der Waals surface area (Å²) in [6.45, 7) is 4.16. The predicted octanol–water partition coefficient (Wildman–Crippen LogP) is 1.96. The summed E-state index contributed by atoms with van der Waals surface area (Å²) in [7, 11) is 1.84. The number of guanidine groups is 1. The molecule has 0 radical (unpaired) electrons. The van der Waals surface area contributed by atoms with Gasteiger partial charge in [-0.05, 0) is 37.5 Å². The Balaban J connectivity index is 0.00000220. The highest BCUT2D eigenvalue weighted by Gasteiger charge is 2.37. The fourth-order valence-electron chi connectivity index (χ4n) is 3.29. The van der Waals surface area contributed by atoms with Crippen LogP contribution in [0.5, 0.6) is 0 Å². The van der Waals surface area contributed by atoms with E-state index >= 15 is 0 Å². The van der Waals surface area contributed by atoms with Gasteiger partial charge in [0.1, 0.15) is 0 Å². The average Bonchev–Trinajstić information content (AvgIpc) is 3.14. The molecule has 1 heterocycles. The number of carbonyl (C=O) groups excluding carboxylic acids is 1. The SMILES string of the molecule is CCCC1CC1NC(=NC)N1CCCC(CC(N)=O)C1.I. The smallest absolute Gasteiger partial charge is 0.217 e. The maximum absolute atomic E-state index is 11.1. The van der Waals surface area contributed by atoms with Gasteiger partial charge in [0, 0.05) is 32.6 Å². The van der Waals surface area contributed by atoms with Gasteiger partial charge in [0.05, 0.1) is 0 Å². The fourth-order valence-corrected chi connectivity index (χ4v) is 3.29. The van der Waals surface area contributed by atoms with E-state index in [2.05, 4.69) is 22.1 Å². The zero-order chi connectivity index (χ0) is 14.5. The minimum absolute atomic E-state index is 0. The van der Waals surface area contributed by atoms with Crippen molar-refractivity contribution in [2.75, 3.05) is 20.1 Å². The van der Waals surface area contributed by atoms with E-state index in [1.54, 1.807) is 0 Å². The third kappa shape index (κ3) is 5.64. The normalized spacial score (nSPS) is 28.8. The van der Waals surface area contributed by atoms with Gasteiger partial charge in [-0.25, -0.2) is 0 Å². The molecule has 21 heavy (non-hydrogen) atoms. The van der Waals surface area contributed by atoms with Crippen molar-refractivity contribution >= 4 is 35.8 Å². The number of nitrogens with one attached hydrogen (secondary N) is 1. The lowest BCUT2D eigenvalue weighted by Gasteiger charge is -2.34. The van der Waals surface area contributed by atoms with Gasteiger partial charge in [0.2, 0.25) is 5.91 Å². The van der Waals surface area contributed by atoms with Crippen molar-refractivity contribution in [3.8, 4) is 0 Å². The Morgan fingerprint density at radius 1 is 1.48 bits per heavy atom. The van der Waals surface area contributed by atoms with Gasteiger partial charge in [-0.3, -0.25) is 9.79 Å². The molecule has 1 saturated heterocycles. The summed E-state index contributed by atoms with van der Waals surface area (Å²) in [5.74, 6) is 2.01. The first-order valence-corrected chi connectivity index (χ1v) is 7.90. The molecule has 1 amide bonds. The fraction of sp³-hybridized carbons (Fsp3) is 0.867. The van der Waals surface area contributed by atoms with Crippen molar-refractivity contribution in [2.24, 2.45) is 22.6 Å². The van der Waals surface area contributed by atoms with Gasteiger partial charge in [-0.15, -0.1) is 24.0 Å². The minimum atomic E-state index is -0.190. The number of halogens is 1. The molecule has 2 aliphatic rings. The quantitative estimate of drug-likeness (QED) is 0.415. The summed E-state index contributed by atoms with van der Waals surface area (Å²) >= 11 is 0. The number of hydrogen-bond donors (Lipinski definition) is 2. The molecule has 2 rings (SSSR count). The van der Waals surface area contributed by atoms with Crippen LogP contribution in [0.25, 0.3) is 0 Å². The van der Waals surface area contributed by atoms with Gasteiger partial charge in [0.15, 0.2) is 5.96 Å². The number of piperidine rings is 1. The highest BCUT2D eigenvalue weighted by atomic mass is 127. The average molecular weight is 408 g/mol. The number of likely N-dealkylation sites (tertiary alicyclic amines) is 1. The zero-order valence-electron chi connectivity index (χ0n) is 13.2. The lowest BCUT2D eigenvalue weighted by molar-refractivity contribution is -0.119. The molecule has 1 aliphatic carbocycles. The molecule has 2 fully saturated rings. The summed E-state index contributed by atoms with van der Waals surface area (Å²) in [4.78, 5) is 17.8. The van der Waals surface area contributed by atoms with Crippen LogP contribution in [0.4, 0.5) is 0 Å². The second-order valence-corrected chi connectivity index (χ2v) is 6.21. The van der Waals surface area contributed by atoms with Crippen LogP contribution in [-0.4, -0.2) is 42.9 Å². The van der Waals surface area contributed by atoms with Crippen molar-refractivity contribution in [2.45, 2.75) is 51.5 Å². The van der Waals surface area contributed by atoms with Crippen molar-refractivity contribution in [3.05, 3.63) is 0 Å². The van der Waals surface area contributed by atoms with E-state index < -0.39 is 0 Å². The molecule has 1 saturated carbocycles. The van der Waals surface area contributed by atoms with Crippen LogP contribution < -0.4 is 11.1 Å². The number of nitrogens with zero attached hydrogens (tertiary/aromatic N) is 2. The number of amides is 1. The van der Waals surface area contributed by atoms with Crippen LogP contribution in [0.1, 0.15) is 45.4 Å². The highest BCUT2D eigenvalue weighted by Crippen LogP contribution is 2.34. The first-order valence-electron chi connectivity index (χ1n) is 7.90. The topological polar surface area (TPSA) is 70.7 Å². The third-order valence-corrected chi connectivity index (χ3v) is 4.42. The molecule has 3 N–H and O–H groups in total. The summed E-state index contributed by atoms with van der Waals surface area (Å²) in [6.07, 6.45) is 6.53. The van der Waals surface area contributed by atoms with Crippen molar-refractivity contribution in [3.63, 3.8) is 0 Å². The van der Waals surface area contributed by atoms with Crippen molar-refractivity contribution in [1.29, 1.82) is 0 Å². The van der Waals surface area contributed by atoms with E-state index in [0.29, 0.717) is 18.4 Å². The molecule has 3 atom stereocenters. The molecule has 0 aromatic rings. The first kappa shape index (κ1) is 18.5. The van der Waals surface area contributed by atoms with E-state index in [-0.39, 0.29) is 29.9 Å². The van der Waals surface area contributed by atoms with Gasteiger partial charge in [0.25, 0.3) is 0 Å². The van der Waals surface area contributed by atoms with Crippen molar-refractivity contribution < 1.29 is 4.79 Å². The number of aliphatic imine (C=N–C) groups is 1. The summed E-state index contributed by atoms with van der Waals surface area (Å²) in [5.41, 5.74) is 5.32. The zero-order valence-corrected chi connectivity index (χ0v) is 15.5. The molecule has 3 unspecified atom stereocenters. The molecule has 0 aromatic heterocycles. The summed E-state index contributed by atoms with van der Waals surface area (Å²) in [6, 6.07) is 0.602. The first-order chi connectivity index (χ1) is 9.63. The Kier molecular flexibility index (Phi) is 7.76. The predicted molar refractivity (Wildman–Crippen MR) is 96.8 cm³/mol. The summed E-state index contributed by atoms with van der Waals surface area (Å²) in [5, 5.41) is 3.58. The second kappa shape index (κ2) is 8.80. The third-order valence-electron chi connectivity index (χ3n) is 4.42. The second-order valence-electron chi connectivity index (χ2n) is 6.21. The maximum Gasteiger partial charge on any atom is 0.217 e. The monoisotopic (exact) mass is 408 g/mol. The van der Waals surface area contributed by atoms with E-state index in [0.717, 1.165) is 37.8 Å². The standard InChI is InChI=1S/C15H28N4O.HI/c1-3-5-12-9-13(12)18-15(17-2)19-7-4-6-11(10-19)8-14(16)20;/h11-13H,3-10H2,1-2H3,(H2,16,20)(H,17,18);1H. The van der Waals surface area contributed by atoms with E-state index in [1.807, 2.05) is 7.05 Å². The molecule has 122 valence electrons. The van der Waals surface area contributed by atoms with Crippen LogP contribution in [0.15, 0.2) is 4.99 Å². The van der Waals surface area contributed by atoms with Gasteiger partial charge in [-0.1, -0.05) is 13.3 Å². The molecule has 0 bridgehead atoms. The van der Waals surface area contributed by atoms with Crippen LogP contribution in [0, 0.1) is 11.8 Å². The Hall–Kier alpha value is -0.530. The largest absolute Gasteiger partial charge is 0.370 e. The Bertz CT molecular complexity index is 375.